The first kappa shape index (κ1) is 19.3. The Morgan fingerprint density at radius 1 is 1.48 bits per heavy atom. The molecule has 1 amide bonds. The number of thioether (sulfide) groups is 1. The zero-order valence-corrected chi connectivity index (χ0v) is 15.2. The molecular weight excluding hydrogens is 312 g/mol. The lowest BCUT2D eigenvalue weighted by atomic mass is 9.94. The van der Waals surface area contributed by atoms with E-state index < -0.39 is 0 Å². The van der Waals surface area contributed by atoms with Crippen molar-refractivity contribution >= 4 is 23.7 Å². The Bertz CT molecular complexity index is 573. The standard InChI is InChI=1S/C14H20N4O2S.C2H6/c1-14(2,3)10-7-16-12(20-10)5-4-9-6-17-13(21-9)18-8-11(15)19;1-2/h4-7,13,17-18H,8H2,1-3H3,(H2,15,19);1-2H3/b5-4+;. The van der Waals surface area contributed by atoms with Crippen molar-refractivity contribution in [3.05, 3.63) is 35.0 Å². The van der Waals surface area contributed by atoms with Crippen LogP contribution in [0.5, 0.6) is 0 Å². The molecule has 23 heavy (non-hydrogen) atoms. The number of hydrogen-bond donors (Lipinski definition) is 3. The van der Waals surface area contributed by atoms with Crippen LogP contribution in [0.25, 0.3) is 6.08 Å². The van der Waals surface area contributed by atoms with Crippen LogP contribution in [0.3, 0.4) is 0 Å². The Labute approximate surface area is 142 Å². The number of allylic oxidation sites excluding steroid dienone is 1. The van der Waals surface area contributed by atoms with Crippen LogP contribution in [-0.4, -0.2) is 22.9 Å². The number of carbonyl (C=O) groups excluding carboxylic acids is 1. The summed E-state index contributed by atoms with van der Waals surface area (Å²) < 4.78 is 5.68. The fraction of sp³-hybridized carbons (Fsp3) is 0.500. The third kappa shape index (κ3) is 6.50. The van der Waals surface area contributed by atoms with Crippen molar-refractivity contribution in [2.75, 3.05) is 6.54 Å². The maximum atomic E-state index is 10.7. The van der Waals surface area contributed by atoms with Crippen LogP contribution >= 0.6 is 11.8 Å². The average molecular weight is 338 g/mol. The normalized spacial score (nSPS) is 17.4. The van der Waals surface area contributed by atoms with Crippen LogP contribution in [-0.2, 0) is 10.2 Å². The van der Waals surface area contributed by atoms with E-state index in [0.717, 1.165) is 10.7 Å². The largest absolute Gasteiger partial charge is 0.441 e. The van der Waals surface area contributed by atoms with E-state index in [4.69, 9.17) is 10.2 Å². The van der Waals surface area contributed by atoms with Crippen molar-refractivity contribution in [3.8, 4) is 0 Å². The van der Waals surface area contributed by atoms with Gasteiger partial charge in [0.25, 0.3) is 0 Å². The molecule has 0 saturated heterocycles. The topological polar surface area (TPSA) is 93.2 Å². The van der Waals surface area contributed by atoms with Gasteiger partial charge in [-0.1, -0.05) is 46.4 Å². The number of carbonyl (C=O) groups is 1. The van der Waals surface area contributed by atoms with Gasteiger partial charge in [-0.15, -0.1) is 0 Å². The van der Waals surface area contributed by atoms with E-state index in [1.54, 1.807) is 18.0 Å². The third-order valence-corrected chi connectivity index (χ3v) is 3.81. The highest BCUT2D eigenvalue weighted by Crippen LogP contribution is 2.27. The molecular formula is C16H26N4O2S. The highest BCUT2D eigenvalue weighted by atomic mass is 32.2. The van der Waals surface area contributed by atoms with Gasteiger partial charge in [-0.25, -0.2) is 4.98 Å². The van der Waals surface area contributed by atoms with E-state index in [2.05, 4.69) is 36.4 Å². The molecule has 0 saturated carbocycles. The molecule has 1 aromatic heterocycles. The van der Waals surface area contributed by atoms with Crippen LogP contribution in [0.4, 0.5) is 0 Å². The number of rotatable bonds is 5. The summed E-state index contributed by atoms with van der Waals surface area (Å²) in [5.74, 6) is 1.06. The lowest BCUT2D eigenvalue weighted by Crippen LogP contribution is -2.39. The van der Waals surface area contributed by atoms with Crippen molar-refractivity contribution in [3.63, 3.8) is 0 Å². The van der Waals surface area contributed by atoms with Crippen LogP contribution in [0.2, 0.25) is 0 Å². The van der Waals surface area contributed by atoms with E-state index in [-0.39, 0.29) is 23.4 Å². The Morgan fingerprint density at radius 3 is 2.74 bits per heavy atom. The van der Waals surface area contributed by atoms with E-state index >= 15 is 0 Å². The van der Waals surface area contributed by atoms with Crippen molar-refractivity contribution < 1.29 is 9.21 Å². The number of amides is 1. The lowest BCUT2D eigenvalue weighted by molar-refractivity contribution is -0.117. The monoisotopic (exact) mass is 338 g/mol. The average Bonchev–Trinajstić information content (AvgIpc) is 3.14. The zero-order chi connectivity index (χ0) is 17.5. The summed E-state index contributed by atoms with van der Waals surface area (Å²) in [5, 5.41) is 6.09. The minimum Gasteiger partial charge on any atom is -0.441 e. The van der Waals surface area contributed by atoms with E-state index in [1.165, 1.54) is 0 Å². The minimum atomic E-state index is -0.379. The van der Waals surface area contributed by atoms with E-state index in [1.807, 2.05) is 32.2 Å². The van der Waals surface area contributed by atoms with Gasteiger partial charge in [0.15, 0.2) is 0 Å². The predicted octanol–water partition coefficient (Wildman–Crippen LogP) is 2.55. The maximum absolute atomic E-state index is 10.7. The minimum absolute atomic E-state index is 0.0492. The van der Waals surface area contributed by atoms with Crippen LogP contribution < -0.4 is 16.4 Å². The quantitative estimate of drug-likeness (QED) is 0.764. The number of oxazole rings is 1. The Hall–Kier alpha value is -1.73. The summed E-state index contributed by atoms with van der Waals surface area (Å²) in [7, 11) is 0. The number of aromatic nitrogens is 1. The molecule has 0 aliphatic carbocycles. The molecule has 2 heterocycles. The van der Waals surface area contributed by atoms with Crippen molar-refractivity contribution in [2.45, 2.75) is 45.5 Å². The Kier molecular flexibility index (Phi) is 7.38. The maximum Gasteiger partial charge on any atom is 0.231 e. The first-order valence-electron chi connectivity index (χ1n) is 7.63. The molecule has 128 valence electrons. The summed E-state index contributed by atoms with van der Waals surface area (Å²) in [6.45, 7) is 10.4. The molecule has 0 spiro atoms. The summed E-state index contributed by atoms with van der Waals surface area (Å²) in [6, 6.07) is 0. The van der Waals surface area contributed by atoms with Gasteiger partial charge in [0.05, 0.1) is 12.7 Å². The van der Waals surface area contributed by atoms with Crippen LogP contribution in [0, 0.1) is 0 Å². The second kappa shape index (κ2) is 8.79. The fourth-order valence-corrected chi connectivity index (χ4v) is 2.47. The summed E-state index contributed by atoms with van der Waals surface area (Å²) >= 11 is 1.56. The first-order chi connectivity index (χ1) is 10.8. The lowest BCUT2D eigenvalue weighted by Gasteiger charge is -2.12. The SMILES string of the molecule is CC.CC(C)(C)c1cnc(/C=C/C2=CNC(NCC(N)=O)S2)o1. The van der Waals surface area contributed by atoms with Crippen molar-refractivity contribution in [1.29, 1.82) is 0 Å². The second-order valence-corrected chi connectivity index (χ2v) is 6.88. The number of nitrogens with zero attached hydrogens (tertiary/aromatic N) is 1. The highest BCUT2D eigenvalue weighted by molar-refractivity contribution is 8.04. The molecule has 0 bridgehead atoms. The van der Waals surface area contributed by atoms with Crippen molar-refractivity contribution in [1.82, 2.24) is 15.6 Å². The van der Waals surface area contributed by atoms with Gasteiger partial charge in [0.1, 0.15) is 11.3 Å². The molecule has 7 heteroatoms. The smallest absolute Gasteiger partial charge is 0.231 e. The van der Waals surface area contributed by atoms with Gasteiger partial charge in [-0.3, -0.25) is 10.1 Å². The Morgan fingerprint density at radius 2 is 2.17 bits per heavy atom. The van der Waals surface area contributed by atoms with Gasteiger partial charge in [0, 0.05) is 22.6 Å². The van der Waals surface area contributed by atoms with Crippen LogP contribution in [0.15, 0.2) is 27.8 Å². The molecule has 2 rings (SSSR count). The van der Waals surface area contributed by atoms with Crippen molar-refractivity contribution in [2.24, 2.45) is 5.73 Å². The predicted molar refractivity (Wildman–Crippen MR) is 95.4 cm³/mol. The zero-order valence-electron chi connectivity index (χ0n) is 14.3. The molecule has 6 nitrogen and oxygen atoms in total. The van der Waals surface area contributed by atoms with Crippen LogP contribution in [0.1, 0.15) is 46.3 Å². The molecule has 0 fully saturated rings. The number of nitrogens with one attached hydrogen (secondary N) is 2. The number of primary amides is 1. The molecule has 1 unspecified atom stereocenters. The molecule has 0 aromatic carbocycles. The van der Waals surface area contributed by atoms with E-state index in [0.29, 0.717) is 5.89 Å². The van der Waals surface area contributed by atoms with Gasteiger partial charge >= 0.3 is 0 Å². The highest BCUT2D eigenvalue weighted by Gasteiger charge is 2.19. The molecule has 1 atom stereocenters. The molecule has 1 aliphatic rings. The van der Waals surface area contributed by atoms with E-state index in [9.17, 15) is 4.79 Å². The third-order valence-electron chi connectivity index (χ3n) is 2.75. The summed E-state index contributed by atoms with van der Waals surface area (Å²) in [5.41, 5.74) is 4.99. The summed E-state index contributed by atoms with van der Waals surface area (Å²) in [4.78, 5) is 16.0. The van der Waals surface area contributed by atoms with Gasteiger partial charge in [-0.2, -0.15) is 0 Å². The first-order valence-corrected chi connectivity index (χ1v) is 8.51. The number of nitrogens with two attached hydrogens (primary N) is 1. The molecule has 4 N–H and O–H groups in total. The van der Waals surface area contributed by atoms with Gasteiger partial charge in [0.2, 0.25) is 11.8 Å². The second-order valence-electron chi connectivity index (χ2n) is 5.70. The molecule has 1 aliphatic heterocycles. The summed E-state index contributed by atoms with van der Waals surface area (Å²) in [6.07, 6.45) is 7.37. The van der Waals surface area contributed by atoms with Gasteiger partial charge in [-0.05, 0) is 6.08 Å². The number of hydrogen-bond acceptors (Lipinski definition) is 6. The molecule has 0 radical (unpaired) electrons. The fourth-order valence-electron chi connectivity index (χ4n) is 1.61. The van der Waals surface area contributed by atoms with Gasteiger partial charge < -0.3 is 15.5 Å². The molecule has 1 aromatic rings. The Balaban J connectivity index is 0.00000127.